The Morgan fingerprint density at radius 2 is 1.84 bits per heavy atom. The summed E-state index contributed by atoms with van der Waals surface area (Å²) in [5.41, 5.74) is 4.68. The molecule has 2 amide bonds. The van der Waals surface area contributed by atoms with Gasteiger partial charge >= 0.3 is 6.03 Å². The van der Waals surface area contributed by atoms with Gasteiger partial charge in [0.05, 0.1) is 44.4 Å². The van der Waals surface area contributed by atoms with E-state index in [1.165, 1.54) is 0 Å². The molecule has 0 saturated heterocycles. The molecular weight excluding hydrogens is 396 g/mol. The van der Waals surface area contributed by atoms with E-state index in [9.17, 15) is 9.90 Å². The first-order valence-corrected chi connectivity index (χ1v) is 10.0. The van der Waals surface area contributed by atoms with Gasteiger partial charge in [0.15, 0.2) is 0 Å². The molecule has 0 saturated carbocycles. The molecule has 8 heteroatoms. The highest BCUT2D eigenvalue weighted by Crippen LogP contribution is 2.39. The number of aliphatic hydroxyl groups is 1. The largest absolute Gasteiger partial charge is 0.496 e. The number of aromatic nitrogens is 2. The zero-order valence-electron chi connectivity index (χ0n) is 18.0. The minimum absolute atomic E-state index is 0.143. The molecule has 0 fully saturated rings. The van der Waals surface area contributed by atoms with Crippen molar-refractivity contribution in [2.24, 2.45) is 0 Å². The second-order valence-corrected chi connectivity index (χ2v) is 7.54. The summed E-state index contributed by atoms with van der Waals surface area (Å²) in [6.07, 6.45) is -0.884. The number of anilines is 1. The maximum atomic E-state index is 13.2. The van der Waals surface area contributed by atoms with Crippen molar-refractivity contribution in [1.82, 2.24) is 14.7 Å². The average Bonchev–Trinajstić information content (AvgIpc) is 3.10. The minimum Gasteiger partial charge on any atom is -0.496 e. The maximum absolute atomic E-state index is 13.2. The lowest BCUT2D eigenvalue weighted by atomic mass is 9.95. The predicted octanol–water partition coefficient (Wildman–Crippen LogP) is 3.59. The number of β-amino-alcohol motifs (C(OH)–C–C–N with tert-alkyl or cyclic N) is 1. The lowest BCUT2D eigenvalue weighted by Crippen LogP contribution is -2.41. The van der Waals surface area contributed by atoms with Crippen molar-refractivity contribution in [3.05, 3.63) is 65.0 Å². The second kappa shape index (κ2) is 8.31. The fourth-order valence-corrected chi connectivity index (χ4v) is 4.06. The Morgan fingerprint density at radius 3 is 2.52 bits per heavy atom. The lowest BCUT2D eigenvalue weighted by Gasteiger charge is -2.34. The van der Waals surface area contributed by atoms with Crippen molar-refractivity contribution < 1.29 is 19.4 Å². The summed E-state index contributed by atoms with van der Waals surface area (Å²) >= 11 is 0. The highest BCUT2D eigenvalue weighted by molar-refractivity contribution is 5.92. The molecular formula is C23H26N4O4. The van der Waals surface area contributed by atoms with E-state index >= 15 is 0 Å². The van der Waals surface area contributed by atoms with Crippen molar-refractivity contribution >= 4 is 11.7 Å². The fourth-order valence-electron chi connectivity index (χ4n) is 4.06. The summed E-state index contributed by atoms with van der Waals surface area (Å²) < 4.78 is 12.7. The van der Waals surface area contributed by atoms with Crippen LogP contribution in [0.1, 0.15) is 28.6 Å². The summed E-state index contributed by atoms with van der Waals surface area (Å²) in [7, 11) is 3.13. The van der Waals surface area contributed by atoms with Crippen LogP contribution in [0.2, 0.25) is 0 Å². The number of fused-ring (bicyclic) bond motifs is 1. The molecule has 3 aromatic rings. The van der Waals surface area contributed by atoms with Gasteiger partial charge in [0.2, 0.25) is 0 Å². The number of nitrogens with zero attached hydrogens (tertiary/aromatic N) is 3. The summed E-state index contributed by atoms with van der Waals surface area (Å²) in [5, 5.41) is 18.3. The Morgan fingerprint density at radius 1 is 1.13 bits per heavy atom. The van der Waals surface area contributed by atoms with Crippen molar-refractivity contribution in [3.8, 4) is 17.2 Å². The number of rotatable bonds is 4. The number of aliphatic hydroxyl groups excluding tert-OH is 1. The van der Waals surface area contributed by atoms with Gasteiger partial charge in [-0.15, -0.1) is 0 Å². The maximum Gasteiger partial charge on any atom is 0.322 e. The number of carbonyl (C=O) groups is 1. The number of para-hydroxylation sites is 2. The van der Waals surface area contributed by atoms with E-state index in [1.807, 2.05) is 44.2 Å². The van der Waals surface area contributed by atoms with E-state index in [0.29, 0.717) is 29.3 Å². The van der Waals surface area contributed by atoms with E-state index in [4.69, 9.17) is 9.47 Å². The van der Waals surface area contributed by atoms with Crippen LogP contribution in [0.15, 0.2) is 42.5 Å². The van der Waals surface area contributed by atoms with Crippen LogP contribution in [0.5, 0.6) is 11.5 Å². The standard InChI is InChI=1S/C23H26N4O4/c1-14-11-15(2)27(25-14)18-8-6-5-7-17(18)24-23(29)26-12-16-20(30-3)9-10-21(31-4)22(16)19(28)13-26/h5-11,19,28H,12-13H2,1-4H3,(H,24,29). The first-order chi connectivity index (χ1) is 14.9. The molecule has 2 N–H and O–H groups in total. The van der Waals surface area contributed by atoms with Crippen LogP contribution in [-0.2, 0) is 6.54 Å². The van der Waals surface area contributed by atoms with E-state index in [1.54, 1.807) is 35.9 Å². The topological polar surface area (TPSA) is 88.9 Å². The molecule has 2 aromatic carbocycles. The average molecular weight is 422 g/mol. The molecule has 1 aliphatic heterocycles. The number of nitrogens with one attached hydrogen (secondary N) is 1. The Hall–Kier alpha value is -3.52. The van der Waals surface area contributed by atoms with Gasteiger partial charge in [-0.2, -0.15) is 5.10 Å². The Bertz CT molecular complexity index is 1120. The third kappa shape index (κ3) is 3.82. The Balaban J connectivity index is 1.63. The van der Waals surface area contributed by atoms with Crippen LogP contribution in [-0.4, -0.2) is 46.6 Å². The summed E-state index contributed by atoms with van der Waals surface area (Å²) in [5.74, 6) is 1.19. The van der Waals surface area contributed by atoms with Gasteiger partial charge in [0.25, 0.3) is 0 Å². The van der Waals surface area contributed by atoms with Gasteiger partial charge in [-0.05, 0) is 44.2 Å². The Kier molecular flexibility index (Phi) is 5.56. The quantitative estimate of drug-likeness (QED) is 0.671. The summed E-state index contributed by atoms with van der Waals surface area (Å²) in [4.78, 5) is 14.7. The monoisotopic (exact) mass is 422 g/mol. The zero-order chi connectivity index (χ0) is 22.1. The number of ether oxygens (including phenoxy) is 2. The molecule has 1 atom stereocenters. The zero-order valence-corrected chi connectivity index (χ0v) is 18.0. The Labute approximate surface area is 181 Å². The summed E-state index contributed by atoms with van der Waals surface area (Å²) in [6, 6.07) is 12.7. The molecule has 1 aliphatic rings. The predicted molar refractivity (Wildman–Crippen MR) is 117 cm³/mol. The number of hydrogen-bond acceptors (Lipinski definition) is 5. The van der Waals surface area contributed by atoms with Gasteiger partial charge in [-0.25, -0.2) is 9.48 Å². The van der Waals surface area contributed by atoms with Crippen LogP contribution in [0.25, 0.3) is 5.69 Å². The third-order valence-corrected chi connectivity index (χ3v) is 5.46. The summed E-state index contributed by atoms with van der Waals surface area (Å²) in [6.45, 7) is 4.33. The van der Waals surface area contributed by atoms with Crippen LogP contribution < -0.4 is 14.8 Å². The highest BCUT2D eigenvalue weighted by atomic mass is 16.5. The normalized spacial score (nSPS) is 15.4. The number of amides is 2. The van der Waals surface area contributed by atoms with Crippen LogP contribution in [0.4, 0.5) is 10.5 Å². The molecule has 0 aliphatic carbocycles. The SMILES string of the molecule is COc1ccc(OC)c2c1CN(C(=O)Nc1ccccc1-n1nc(C)cc1C)CC2O. The van der Waals surface area contributed by atoms with Crippen molar-refractivity contribution in [2.45, 2.75) is 26.5 Å². The van der Waals surface area contributed by atoms with Crippen molar-refractivity contribution in [2.75, 3.05) is 26.1 Å². The van der Waals surface area contributed by atoms with E-state index in [0.717, 1.165) is 22.6 Å². The molecule has 2 heterocycles. The highest BCUT2D eigenvalue weighted by Gasteiger charge is 2.32. The van der Waals surface area contributed by atoms with Gasteiger partial charge < -0.3 is 24.8 Å². The third-order valence-electron chi connectivity index (χ3n) is 5.46. The molecule has 0 bridgehead atoms. The van der Waals surface area contributed by atoms with Gasteiger partial charge in [-0.3, -0.25) is 0 Å². The van der Waals surface area contributed by atoms with E-state index < -0.39 is 6.10 Å². The molecule has 0 radical (unpaired) electrons. The smallest absolute Gasteiger partial charge is 0.322 e. The molecule has 162 valence electrons. The molecule has 1 aromatic heterocycles. The minimum atomic E-state index is -0.884. The molecule has 31 heavy (non-hydrogen) atoms. The number of urea groups is 1. The molecule has 8 nitrogen and oxygen atoms in total. The van der Waals surface area contributed by atoms with Crippen LogP contribution >= 0.6 is 0 Å². The van der Waals surface area contributed by atoms with Crippen molar-refractivity contribution in [3.63, 3.8) is 0 Å². The van der Waals surface area contributed by atoms with Gasteiger partial charge in [0, 0.05) is 16.8 Å². The van der Waals surface area contributed by atoms with E-state index in [-0.39, 0.29) is 12.6 Å². The number of aryl methyl sites for hydroxylation is 2. The van der Waals surface area contributed by atoms with E-state index in [2.05, 4.69) is 10.4 Å². The van der Waals surface area contributed by atoms with Gasteiger partial charge in [0.1, 0.15) is 17.6 Å². The number of hydrogen-bond donors (Lipinski definition) is 2. The number of methoxy groups -OCH3 is 2. The van der Waals surface area contributed by atoms with Crippen molar-refractivity contribution in [1.29, 1.82) is 0 Å². The lowest BCUT2D eigenvalue weighted by molar-refractivity contribution is 0.105. The number of benzene rings is 2. The second-order valence-electron chi connectivity index (χ2n) is 7.54. The first kappa shape index (κ1) is 20.7. The van der Waals surface area contributed by atoms with Gasteiger partial charge in [-0.1, -0.05) is 12.1 Å². The molecule has 0 spiro atoms. The fraction of sp³-hybridized carbons (Fsp3) is 0.304. The van der Waals surface area contributed by atoms with Crippen LogP contribution in [0, 0.1) is 13.8 Å². The first-order valence-electron chi connectivity index (χ1n) is 10.0. The molecule has 1 unspecified atom stereocenters. The number of carbonyl (C=O) groups excluding carboxylic acids is 1. The molecule has 4 rings (SSSR count). The van der Waals surface area contributed by atoms with Crippen LogP contribution in [0.3, 0.4) is 0 Å².